The van der Waals surface area contributed by atoms with E-state index in [2.05, 4.69) is 26.1 Å². The molecule has 1 aromatic carbocycles. The molecule has 0 aliphatic carbocycles. The molecule has 4 amide bonds. The Bertz CT molecular complexity index is 1030. The predicted octanol–water partition coefficient (Wildman–Crippen LogP) is 2.58. The third-order valence-corrected chi connectivity index (χ3v) is 4.59. The van der Waals surface area contributed by atoms with Crippen molar-refractivity contribution in [3.05, 3.63) is 58.8 Å². The maximum absolute atomic E-state index is 12.5. The fourth-order valence-corrected chi connectivity index (χ4v) is 3.04. The molecule has 0 N–H and O–H groups in total. The average molecular weight is 431 g/mol. The third-order valence-electron chi connectivity index (χ3n) is 3.89. The predicted molar refractivity (Wildman–Crippen MR) is 92.6 cm³/mol. The molecule has 1 saturated heterocycles. The van der Waals surface area contributed by atoms with Crippen molar-refractivity contribution in [2.45, 2.75) is 13.1 Å². The number of rotatable bonds is 5. The lowest BCUT2D eigenvalue weighted by Crippen LogP contribution is -2.32. The van der Waals surface area contributed by atoms with Crippen LogP contribution in [0.1, 0.15) is 11.7 Å². The van der Waals surface area contributed by atoms with E-state index < -0.39 is 17.8 Å². The van der Waals surface area contributed by atoms with E-state index >= 15 is 0 Å². The summed E-state index contributed by atoms with van der Waals surface area (Å²) in [6.45, 7) is -0.422. The Kier molecular flexibility index (Phi) is 4.32. The minimum atomic E-state index is -0.952. The van der Waals surface area contributed by atoms with Crippen LogP contribution in [0.25, 0.3) is 11.5 Å². The molecule has 1 fully saturated rings. The van der Waals surface area contributed by atoms with Crippen LogP contribution in [0, 0.1) is 0 Å². The summed E-state index contributed by atoms with van der Waals surface area (Å²) < 4.78 is 11.4. The normalized spacial score (nSPS) is 14.5. The molecule has 0 saturated carbocycles. The Labute approximate surface area is 160 Å². The average Bonchev–Trinajstić information content (AvgIpc) is 3.38. The fraction of sp³-hybridized carbons (Fsp3) is 0.118. The smallest absolute Gasteiger partial charge is 0.335 e. The number of furan rings is 1. The standard InChI is InChI=1S/C17H11BrN4O5/c18-12-6-2-1-5-11(12)14-20-19-13(27-14)9-22-16(24)15(23)21(17(22)25)8-10-4-3-7-26-10/h1-7H,8-9H2. The summed E-state index contributed by atoms with van der Waals surface area (Å²) >= 11 is 3.39. The fourth-order valence-electron chi connectivity index (χ4n) is 2.58. The first-order valence-electron chi connectivity index (χ1n) is 7.81. The highest BCUT2D eigenvalue weighted by Crippen LogP contribution is 2.27. The molecule has 0 radical (unpaired) electrons. The summed E-state index contributed by atoms with van der Waals surface area (Å²) in [4.78, 5) is 38.3. The maximum atomic E-state index is 12.5. The summed E-state index contributed by atoms with van der Waals surface area (Å²) in [7, 11) is 0. The molecule has 0 atom stereocenters. The summed E-state index contributed by atoms with van der Waals surface area (Å²) in [6, 6.07) is 9.72. The summed E-state index contributed by atoms with van der Waals surface area (Å²) in [5, 5.41) is 7.79. The van der Waals surface area contributed by atoms with Crippen LogP contribution in [0.2, 0.25) is 0 Å². The van der Waals surface area contributed by atoms with Gasteiger partial charge in [0, 0.05) is 4.47 Å². The zero-order valence-electron chi connectivity index (χ0n) is 13.7. The van der Waals surface area contributed by atoms with Crippen LogP contribution >= 0.6 is 15.9 Å². The van der Waals surface area contributed by atoms with Gasteiger partial charge in [0.05, 0.1) is 18.4 Å². The van der Waals surface area contributed by atoms with Crippen LogP contribution in [-0.4, -0.2) is 37.8 Å². The first kappa shape index (κ1) is 17.2. The lowest BCUT2D eigenvalue weighted by atomic mass is 10.2. The Hall–Kier alpha value is -3.27. The van der Waals surface area contributed by atoms with Crippen LogP contribution in [0.3, 0.4) is 0 Å². The van der Waals surface area contributed by atoms with E-state index in [0.717, 1.165) is 14.3 Å². The van der Waals surface area contributed by atoms with Crippen molar-refractivity contribution in [1.29, 1.82) is 0 Å². The van der Waals surface area contributed by atoms with Gasteiger partial charge in [0.15, 0.2) is 0 Å². The van der Waals surface area contributed by atoms with E-state index in [1.807, 2.05) is 18.2 Å². The van der Waals surface area contributed by atoms with Gasteiger partial charge >= 0.3 is 17.8 Å². The Morgan fingerprint density at radius 1 is 0.926 bits per heavy atom. The number of hydrogen-bond acceptors (Lipinski definition) is 7. The monoisotopic (exact) mass is 430 g/mol. The molecule has 4 rings (SSSR count). The van der Waals surface area contributed by atoms with E-state index in [0.29, 0.717) is 11.3 Å². The lowest BCUT2D eigenvalue weighted by Gasteiger charge is -2.12. The van der Waals surface area contributed by atoms with Gasteiger partial charge in [-0.3, -0.25) is 9.59 Å². The highest BCUT2D eigenvalue weighted by Gasteiger charge is 2.45. The molecule has 3 aromatic rings. The number of carbonyl (C=O) groups excluding carboxylic acids is 3. The van der Waals surface area contributed by atoms with Crippen molar-refractivity contribution in [2.24, 2.45) is 0 Å². The van der Waals surface area contributed by atoms with E-state index in [4.69, 9.17) is 8.83 Å². The third kappa shape index (κ3) is 3.14. The van der Waals surface area contributed by atoms with Crippen LogP contribution in [0.4, 0.5) is 4.79 Å². The number of amides is 4. The topological polar surface area (TPSA) is 110 Å². The van der Waals surface area contributed by atoms with Gasteiger partial charge in [0.2, 0.25) is 11.8 Å². The number of carbonyl (C=O) groups is 3. The molecular weight excluding hydrogens is 420 g/mol. The van der Waals surface area contributed by atoms with E-state index in [1.54, 1.807) is 18.2 Å². The van der Waals surface area contributed by atoms with Crippen LogP contribution in [0.5, 0.6) is 0 Å². The number of imide groups is 2. The summed E-state index contributed by atoms with van der Waals surface area (Å²) in [5.74, 6) is -1.22. The zero-order chi connectivity index (χ0) is 19.0. The quantitative estimate of drug-likeness (QED) is 0.451. The van der Waals surface area contributed by atoms with Crippen molar-refractivity contribution >= 4 is 33.8 Å². The second-order valence-electron chi connectivity index (χ2n) is 5.63. The lowest BCUT2D eigenvalue weighted by molar-refractivity contribution is -0.143. The van der Waals surface area contributed by atoms with Gasteiger partial charge in [-0.05, 0) is 40.2 Å². The van der Waals surface area contributed by atoms with Gasteiger partial charge in [0.1, 0.15) is 12.3 Å². The first-order valence-corrected chi connectivity index (χ1v) is 8.61. The van der Waals surface area contributed by atoms with E-state index in [-0.39, 0.29) is 24.9 Å². The molecular formula is C17H11BrN4O5. The SMILES string of the molecule is O=C1C(=O)N(Cc2nnc(-c3ccccc3Br)o2)C(=O)N1Cc1ccco1. The molecule has 0 unspecified atom stereocenters. The highest BCUT2D eigenvalue weighted by atomic mass is 79.9. The number of urea groups is 1. The number of nitrogens with zero attached hydrogens (tertiary/aromatic N) is 4. The van der Waals surface area contributed by atoms with Crippen molar-refractivity contribution in [3.63, 3.8) is 0 Å². The number of aromatic nitrogens is 2. The molecule has 2 aromatic heterocycles. The maximum Gasteiger partial charge on any atom is 0.335 e. The van der Waals surface area contributed by atoms with Gasteiger partial charge in [-0.15, -0.1) is 10.2 Å². The van der Waals surface area contributed by atoms with Crippen molar-refractivity contribution < 1.29 is 23.2 Å². The molecule has 9 nitrogen and oxygen atoms in total. The van der Waals surface area contributed by atoms with Crippen molar-refractivity contribution in [2.75, 3.05) is 0 Å². The largest absolute Gasteiger partial charge is 0.467 e. The molecule has 0 spiro atoms. The Morgan fingerprint density at radius 3 is 2.37 bits per heavy atom. The molecule has 1 aliphatic rings. The van der Waals surface area contributed by atoms with Crippen LogP contribution < -0.4 is 0 Å². The highest BCUT2D eigenvalue weighted by molar-refractivity contribution is 9.10. The van der Waals surface area contributed by atoms with E-state index in [9.17, 15) is 14.4 Å². The van der Waals surface area contributed by atoms with Crippen molar-refractivity contribution in [1.82, 2.24) is 20.0 Å². The molecule has 0 bridgehead atoms. The van der Waals surface area contributed by atoms with Gasteiger partial charge in [-0.2, -0.15) is 0 Å². The Morgan fingerprint density at radius 2 is 1.67 bits per heavy atom. The molecule has 1 aliphatic heterocycles. The zero-order valence-corrected chi connectivity index (χ0v) is 15.2. The van der Waals surface area contributed by atoms with Crippen molar-refractivity contribution in [3.8, 4) is 11.5 Å². The first-order chi connectivity index (χ1) is 13.0. The second-order valence-corrected chi connectivity index (χ2v) is 6.48. The minimum Gasteiger partial charge on any atom is -0.467 e. The van der Waals surface area contributed by atoms with E-state index in [1.165, 1.54) is 6.26 Å². The van der Waals surface area contributed by atoms with Gasteiger partial charge in [0.25, 0.3) is 0 Å². The molecule has 27 heavy (non-hydrogen) atoms. The summed E-state index contributed by atoms with van der Waals surface area (Å²) in [6.07, 6.45) is 1.42. The second kappa shape index (κ2) is 6.80. The number of benzene rings is 1. The number of hydrogen-bond donors (Lipinski definition) is 0. The summed E-state index contributed by atoms with van der Waals surface area (Å²) in [5.41, 5.74) is 0.672. The number of halogens is 1. The molecule has 3 heterocycles. The van der Waals surface area contributed by atoms with Gasteiger partial charge in [-0.1, -0.05) is 12.1 Å². The van der Waals surface area contributed by atoms with Crippen LogP contribution in [0.15, 0.2) is 56.0 Å². The molecule has 136 valence electrons. The minimum absolute atomic E-state index is 0.0371. The molecule has 10 heteroatoms. The van der Waals surface area contributed by atoms with Gasteiger partial charge in [-0.25, -0.2) is 14.6 Å². The van der Waals surface area contributed by atoms with Gasteiger partial charge < -0.3 is 8.83 Å². The van der Waals surface area contributed by atoms with Crippen LogP contribution in [-0.2, 0) is 22.7 Å². The Balaban J connectivity index is 1.53.